The number of carbonyl (C=O) groups excluding carboxylic acids is 1. The second kappa shape index (κ2) is 9.30. The van der Waals surface area contributed by atoms with Gasteiger partial charge in [-0.05, 0) is 6.92 Å². The minimum Gasteiger partial charge on any atom is -0.465 e. The van der Waals surface area contributed by atoms with Gasteiger partial charge in [0.15, 0.2) is 0 Å². The van der Waals surface area contributed by atoms with Crippen LogP contribution >= 0.6 is 12.6 Å². The van der Waals surface area contributed by atoms with Crippen molar-refractivity contribution in [3.05, 3.63) is 0 Å². The highest BCUT2D eigenvalue weighted by atomic mass is 32.1. The summed E-state index contributed by atoms with van der Waals surface area (Å²) in [6, 6.07) is 0. The topological polar surface area (TPSA) is 44.8 Å². The van der Waals surface area contributed by atoms with Crippen LogP contribution in [-0.2, 0) is 19.0 Å². The molecule has 0 aromatic rings. The zero-order valence-electron chi connectivity index (χ0n) is 8.69. The average molecular weight is 222 g/mol. The molecule has 0 bridgehead atoms. The van der Waals surface area contributed by atoms with E-state index in [9.17, 15) is 4.79 Å². The molecule has 0 rings (SSSR count). The normalized spacial score (nSPS) is 12.5. The second-order valence-electron chi connectivity index (χ2n) is 2.80. The monoisotopic (exact) mass is 222 g/mol. The van der Waals surface area contributed by atoms with Gasteiger partial charge >= 0.3 is 5.97 Å². The zero-order chi connectivity index (χ0) is 10.8. The summed E-state index contributed by atoms with van der Waals surface area (Å²) in [4.78, 5) is 10.9. The van der Waals surface area contributed by atoms with E-state index in [1.807, 2.05) is 0 Å². The Balaban J connectivity index is 3.10. The molecule has 0 aliphatic heterocycles. The third kappa shape index (κ3) is 8.34. The van der Waals surface area contributed by atoms with Gasteiger partial charge in [0, 0.05) is 20.1 Å². The highest BCUT2D eigenvalue weighted by Gasteiger charge is 2.07. The van der Waals surface area contributed by atoms with Crippen molar-refractivity contribution in [1.82, 2.24) is 0 Å². The fraction of sp³-hybridized carbons (Fsp3) is 0.889. The molecule has 0 aliphatic rings. The van der Waals surface area contributed by atoms with Crippen LogP contribution in [0.25, 0.3) is 0 Å². The Kier molecular flexibility index (Phi) is 9.13. The molecule has 0 saturated carbocycles. The second-order valence-corrected chi connectivity index (χ2v) is 3.58. The molecular weight excluding hydrogens is 204 g/mol. The number of esters is 1. The Hall–Kier alpha value is -0.260. The van der Waals surface area contributed by atoms with Crippen molar-refractivity contribution in [2.24, 2.45) is 0 Å². The van der Waals surface area contributed by atoms with Crippen LogP contribution in [0, 0.1) is 0 Å². The highest BCUT2D eigenvalue weighted by Crippen LogP contribution is 1.96. The van der Waals surface area contributed by atoms with Gasteiger partial charge in [-0.25, -0.2) is 0 Å². The molecule has 0 aromatic heterocycles. The molecule has 84 valence electrons. The minimum atomic E-state index is -0.357. The van der Waals surface area contributed by atoms with Crippen molar-refractivity contribution >= 4 is 18.6 Å². The quantitative estimate of drug-likeness (QED) is 0.376. The fourth-order valence-corrected chi connectivity index (χ4v) is 0.773. The first kappa shape index (κ1) is 13.7. The summed E-state index contributed by atoms with van der Waals surface area (Å²) in [6.07, 6.45) is 0.704. The Morgan fingerprint density at radius 3 is 2.57 bits per heavy atom. The van der Waals surface area contributed by atoms with E-state index in [4.69, 9.17) is 14.2 Å². The molecule has 4 nitrogen and oxygen atoms in total. The van der Waals surface area contributed by atoms with Gasteiger partial charge in [0.05, 0.1) is 25.1 Å². The van der Waals surface area contributed by atoms with Gasteiger partial charge in [0.1, 0.15) is 0 Å². The molecule has 0 heterocycles. The van der Waals surface area contributed by atoms with Crippen LogP contribution in [0.2, 0.25) is 0 Å². The summed E-state index contributed by atoms with van der Waals surface area (Å²) < 4.78 is 14.9. The lowest BCUT2D eigenvalue weighted by Crippen LogP contribution is -2.16. The SMILES string of the molecule is COCCOCCCOC(=O)C(C)S. The molecule has 0 amide bonds. The molecule has 0 aliphatic carbocycles. The van der Waals surface area contributed by atoms with Gasteiger partial charge in [-0.1, -0.05) is 0 Å². The van der Waals surface area contributed by atoms with Crippen LogP contribution in [0.4, 0.5) is 0 Å². The van der Waals surface area contributed by atoms with E-state index in [1.54, 1.807) is 14.0 Å². The fourth-order valence-electron chi connectivity index (χ4n) is 0.699. The van der Waals surface area contributed by atoms with E-state index >= 15 is 0 Å². The number of hydrogen-bond acceptors (Lipinski definition) is 5. The van der Waals surface area contributed by atoms with Crippen molar-refractivity contribution in [3.63, 3.8) is 0 Å². The largest absolute Gasteiger partial charge is 0.465 e. The smallest absolute Gasteiger partial charge is 0.318 e. The average Bonchev–Trinajstić information content (AvgIpc) is 2.16. The van der Waals surface area contributed by atoms with E-state index in [2.05, 4.69) is 12.6 Å². The Bertz CT molecular complexity index is 150. The van der Waals surface area contributed by atoms with Gasteiger partial charge in [0.25, 0.3) is 0 Å². The number of methoxy groups -OCH3 is 1. The number of rotatable bonds is 8. The first-order chi connectivity index (χ1) is 6.68. The van der Waals surface area contributed by atoms with Crippen molar-refractivity contribution in [1.29, 1.82) is 0 Å². The first-order valence-corrected chi connectivity index (χ1v) is 5.11. The van der Waals surface area contributed by atoms with Crippen LogP contribution in [0.1, 0.15) is 13.3 Å². The van der Waals surface area contributed by atoms with Crippen LogP contribution in [-0.4, -0.2) is 44.8 Å². The molecule has 0 radical (unpaired) electrons. The molecule has 0 fully saturated rings. The van der Waals surface area contributed by atoms with Crippen LogP contribution in [0.5, 0.6) is 0 Å². The summed E-state index contributed by atoms with van der Waals surface area (Å²) in [7, 11) is 1.62. The summed E-state index contributed by atoms with van der Waals surface area (Å²) in [5, 5.41) is -0.357. The molecule has 1 atom stereocenters. The summed E-state index contributed by atoms with van der Waals surface area (Å²) >= 11 is 3.94. The number of thiol groups is 1. The first-order valence-electron chi connectivity index (χ1n) is 4.60. The molecule has 0 N–H and O–H groups in total. The predicted molar refractivity (Wildman–Crippen MR) is 56.7 cm³/mol. The van der Waals surface area contributed by atoms with Crippen LogP contribution in [0.3, 0.4) is 0 Å². The van der Waals surface area contributed by atoms with Gasteiger partial charge in [-0.3, -0.25) is 4.79 Å². The number of hydrogen-bond donors (Lipinski definition) is 1. The molecule has 14 heavy (non-hydrogen) atoms. The standard InChI is InChI=1S/C9H18O4S/c1-8(14)9(10)13-5-3-4-12-7-6-11-2/h8,14H,3-7H2,1-2H3. The maximum atomic E-state index is 10.9. The Labute approximate surface area is 90.3 Å². The van der Waals surface area contributed by atoms with Gasteiger partial charge in [0.2, 0.25) is 0 Å². The Morgan fingerprint density at radius 1 is 1.29 bits per heavy atom. The molecule has 0 spiro atoms. The van der Waals surface area contributed by atoms with E-state index in [1.165, 1.54) is 0 Å². The molecule has 1 unspecified atom stereocenters. The van der Waals surface area contributed by atoms with Crippen molar-refractivity contribution < 1.29 is 19.0 Å². The lowest BCUT2D eigenvalue weighted by Gasteiger charge is -2.06. The van der Waals surface area contributed by atoms with Crippen molar-refractivity contribution in [2.45, 2.75) is 18.6 Å². The lowest BCUT2D eigenvalue weighted by atomic mass is 10.4. The molecule has 0 aromatic carbocycles. The number of ether oxygens (including phenoxy) is 3. The van der Waals surface area contributed by atoms with Gasteiger partial charge in [-0.15, -0.1) is 0 Å². The van der Waals surface area contributed by atoms with E-state index < -0.39 is 0 Å². The number of carbonyl (C=O) groups is 1. The zero-order valence-corrected chi connectivity index (χ0v) is 9.59. The minimum absolute atomic E-state index is 0.287. The maximum absolute atomic E-state index is 10.9. The Morgan fingerprint density at radius 2 is 2.00 bits per heavy atom. The van der Waals surface area contributed by atoms with Crippen molar-refractivity contribution in [3.8, 4) is 0 Å². The summed E-state index contributed by atoms with van der Waals surface area (Å²) in [6.45, 7) is 3.82. The lowest BCUT2D eigenvalue weighted by molar-refractivity contribution is -0.143. The third-order valence-electron chi connectivity index (χ3n) is 1.45. The third-order valence-corrected chi connectivity index (χ3v) is 1.66. The highest BCUT2D eigenvalue weighted by molar-refractivity contribution is 7.81. The molecule has 5 heteroatoms. The van der Waals surface area contributed by atoms with E-state index in [0.717, 1.165) is 0 Å². The van der Waals surface area contributed by atoms with Gasteiger partial charge in [-0.2, -0.15) is 12.6 Å². The van der Waals surface area contributed by atoms with Crippen LogP contribution in [0.15, 0.2) is 0 Å². The van der Waals surface area contributed by atoms with Gasteiger partial charge < -0.3 is 14.2 Å². The molecular formula is C9H18O4S. The molecule has 0 saturated heterocycles. The van der Waals surface area contributed by atoms with E-state index in [0.29, 0.717) is 32.8 Å². The summed E-state index contributed by atoms with van der Waals surface area (Å²) in [5.74, 6) is -0.287. The summed E-state index contributed by atoms with van der Waals surface area (Å²) in [5.41, 5.74) is 0. The van der Waals surface area contributed by atoms with Crippen LogP contribution < -0.4 is 0 Å². The van der Waals surface area contributed by atoms with Crippen molar-refractivity contribution in [2.75, 3.05) is 33.5 Å². The maximum Gasteiger partial charge on any atom is 0.318 e. The van der Waals surface area contributed by atoms with E-state index in [-0.39, 0.29) is 11.2 Å². The predicted octanol–water partition coefficient (Wildman–Crippen LogP) is 0.901.